The van der Waals surface area contributed by atoms with Crippen molar-refractivity contribution in [2.45, 2.75) is 46.0 Å². The first-order chi connectivity index (χ1) is 7.00. The van der Waals surface area contributed by atoms with E-state index in [-0.39, 0.29) is 18.1 Å². The predicted molar refractivity (Wildman–Crippen MR) is 57.5 cm³/mol. The standard InChI is InChI=1S/C12H20O3/c1-8-4-3-5-10(6-8)11(13)7-9(2)12(14)15/h8-10H,3-7H2,1-2H3,(H,14,15). The Hall–Kier alpha value is -0.860. The lowest BCUT2D eigenvalue weighted by molar-refractivity contribution is -0.143. The summed E-state index contributed by atoms with van der Waals surface area (Å²) in [6.07, 6.45) is 4.42. The highest BCUT2D eigenvalue weighted by atomic mass is 16.4. The molecule has 0 bridgehead atoms. The molecule has 3 nitrogen and oxygen atoms in total. The maximum atomic E-state index is 11.8. The van der Waals surface area contributed by atoms with Crippen LogP contribution >= 0.6 is 0 Å². The topological polar surface area (TPSA) is 54.4 Å². The Morgan fingerprint density at radius 3 is 2.60 bits per heavy atom. The van der Waals surface area contributed by atoms with E-state index in [1.165, 1.54) is 6.42 Å². The Balaban J connectivity index is 2.42. The minimum Gasteiger partial charge on any atom is -0.481 e. The van der Waals surface area contributed by atoms with Gasteiger partial charge in [-0.2, -0.15) is 0 Å². The Morgan fingerprint density at radius 1 is 1.40 bits per heavy atom. The molecule has 86 valence electrons. The summed E-state index contributed by atoms with van der Waals surface area (Å²) in [5.41, 5.74) is 0. The number of ketones is 1. The summed E-state index contributed by atoms with van der Waals surface area (Å²) >= 11 is 0. The van der Waals surface area contributed by atoms with Gasteiger partial charge in [0.05, 0.1) is 5.92 Å². The molecule has 1 fully saturated rings. The average Bonchev–Trinajstić information content (AvgIpc) is 2.17. The van der Waals surface area contributed by atoms with Gasteiger partial charge in [0.25, 0.3) is 0 Å². The molecule has 1 aliphatic rings. The van der Waals surface area contributed by atoms with E-state index in [0.29, 0.717) is 5.92 Å². The lowest BCUT2D eigenvalue weighted by Crippen LogP contribution is -2.25. The second-order valence-electron chi connectivity index (χ2n) is 4.88. The van der Waals surface area contributed by atoms with Crippen molar-refractivity contribution >= 4 is 11.8 Å². The molecule has 1 rings (SSSR count). The molecule has 0 aromatic heterocycles. The third-order valence-corrected chi connectivity index (χ3v) is 3.32. The van der Waals surface area contributed by atoms with Crippen molar-refractivity contribution in [3.05, 3.63) is 0 Å². The number of rotatable bonds is 4. The van der Waals surface area contributed by atoms with Gasteiger partial charge in [-0.05, 0) is 18.8 Å². The molecule has 0 amide bonds. The Kier molecular flexibility index (Phi) is 4.30. The summed E-state index contributed by atoms with van der Waals surface area (Å²) in [4.78, 5) is 22.4. The lowest BCUT2D eigenvalue weighted by atomic mass is 9.78. The molecule has 3 unspecified atom stereocenters. The third-order valence-electron chi connectivity index (χ3n) is 3.32. The minimum absolute atomic E-state index is 0.121. The quantitative estimate of drug-likeness (QED) is 0.779. The van der Waals surface area contributed by atoms with Gasteiger partial charge in [-0.25, -0.2) is 0 Å². The number of carbonyl (C=O) groups excluding carboxylic acids is 1. The molecular formula is C12H20O3. The van der Waals surface area contributed by atoms with Crippen molar-refractivity contribution in [2.75, 3.05) is 0 Å². The van der Waals surface area contributed by atoms with Crippen molar-refractivity contribution in [2.24, 2.45) is 17.8 Å². The molecule has 1 N–H and O–H groups in total. The minimum atomic E-state index is -0.868. The zero-order valence-electron chi connectivity index (χ0n) is 9.53. The average molecular weight is 212 g/mol. The van der Waals surface area contributed by atoms with E-state index >= 15 is 0 Å². The monoisotopic (exact) mass is 212 g/mol. The fraction of sp³-hybridized carbons (Fsp3) is 0.833. The molecule has 0 saturated heterocycles. The van der Waals surface area contributed by atoms with Crippen molar-refractivity contribution in [3.63, 3.8) is 0 Å². The van der Waals surface area contributed by atoms with Crippen LogP contribution in [-0.2, 0) is 9.59 Å². The van der Waals surface area contributed by atoms with E-state index in [9.17, 15) is 9.59 Å². The Bertz CT molecular complexity index is 247. The maximum Gasteiger partial charge on any atom is 0.306 e. The summed E-state index contributed by atoms with van der Waals surface area (Å²) in [5, 5.41) is 8.73. The summed E-state index contributed by atoms with van der Waals surface area (Å²) in [6.45, 7) is 3.77. The highest BCUT2D eigenvalue weighted by molar-refractivity contribution is 5.85. The van der Waals surface area contributed by atoms with Crippen molar-refractivity contribution in [3.8, 4) is 0 Å². The van der Waals surface area contributed by atoms with Crippen LogP contribution in [0.2, 0.25) is 0 Å². The number of carboxylic acid groups (broad SMARTS) is 1. The predicted octanol–water partition coefficient (Wildman–Crippen LogP) is 2.49. The Morgan fingerprint density at radius 2 is 2.07 bits per heavy atom. The van der Waals surface area contributed by atoms with E-state index in [0.717, 1.165) is 19.3 Å². The van der Waals surface area contributed by atoms with Crippen LogP contribution in [0.4, 0.5) is 0 Å². The molecule has 0 radical (unpaired) electrons. The fourth-order valence-electron chi connectivity index (χ4n) is 2.28. The van der Waals surface area contributed by atoms with Crippen molar-refractivity contribution in [1.82, 2.24) is 0 Å². The summed E-state index contributed by atoms with van der Waals surface area (Å²) in [5.74, 6) is -0.512. The molecule has 0 aliphatic heterocycles. The van der Waals surface area contributed by atoms with Crippen LogP contribution in [0.25, 0.3) is 0 Å². The molecule has 3 atom stereocenters. The van der Waals surface area contributed by atoms with Crippen LogP contribution in [0.15, 0.2) is 0 Å². The summed E-state index contributed by atoms with van der Waals surface area (Å²) in [7, 11) is 0. The molecule has 0 heterocycles. The first kappa shape index (κ1) is 12.2. The zero-order chi connectivity index (χ0) is 11.4. The highest BCUT2D eigenvalue weighted by Crippen LogP contribution is 2.30. The van der Waals surface area contributed by atoms with Crippen LogP contribution in [-0.4, -0.2) is 16.9 Å². The zero-order valence-corrected chi connectivity index (χ0v) is 9.53. The summed E-state index contributed by atoms with van der Waals surface area (Å²) < 4.78 is 0. The molecule has 0 spiro atoms. The molecule has 1 aliphatic carbocycles. The van der Waals surface area contributed by atoms with Crippen molar-refractivity contribution < 1.29 is 14.7 Å². The van der Waals surface area contributed by atoms with Crippen LogP contribution in [0.5, 0.6) is 0 Å². The van der Waals surface area contributed by atoms with E-state index in [2.05, 4.69) is 6.92 Å². The van der Waals surface area contributed by atoms with Gasteiger partial charge in [0, 0.05) is 12.3 Å². The van der Waals surface area contributed by atoms with E-state index in [1.807, 2.05) is 0 Å². The second-order valence-corrected chi connectivity index (χ2v) is 4.88. The van der Waals surface area contributed by atoms with E-state index in [1.54, 1.807) is 6.92 Å². The first-order valence-electron chi connectivity index (χ1n) is 5.76. The molecule has 15 heavy (non-hydrogen) atoms. The number of aliphatic carboxylic acids is 1. The van der Waals surface area contributed by atoms with Gasteiger partial charge < -0.3 is 5.11 Å². The van der Waals surface area contributed by atoms with Gasteiger partial charge in [-0.3, -0.25) is 9.59 Å². The largest absolute Gasteiger partial charge is 0.481 e. The van der Waals surface area contributed by atoms with E-state index in [4.69, 9.17) is 5.11 Å². The number of Topliss-reactive ketones (excluding diaryl/α,β-unsaturated/α-hetero) is 1. The fourth-order valence-corrected chi connectivity index (χ4v) is 2.28. The van der Waals surface area contributed by atoms with Gasteiger partial charge in [0.1, 0.15) is 5.78 Å². The third kappa shape index (κ3) is 3.65. The number of carboxylic acids is 1. The van der Waals surface area contributed by atoms with Crippen LogP contribution in [0, 0.1) is 17.8 Å². The summed E-state index contributed by atoms with van der Waals surface area (Å²) in [6, 6.07) is 0. The number of carbonyl (C=O) groups is 2. The molecule has 0 aromatic rings. The SMILES string of the molecule is CC1CCCC(C(=O)CC(C)C(=O)O)C1. The van der Waals surface area contributed by atoms with Crippen LogP contribution in [0.3, 0.4) is 0 Å². The molecular weight excluding hydrogens is 192 g/mol. The number of hydrogen-bond acceptors (Lipinski definition) is 2. The number of hydrogen-bond donors (Lipinski definition) is 1. The van der Waals surface area contributed by atoms with Crippen LogP contribution < -0.4 is 0 Å². The molecule has 3 heteroatoms. The van der Waals surface area contributed by atoms with Gasteiger partial charge in [0.2, 0.25) is 0 Å². The van der Waals surface area contributed by atoms with E-state index < -0.39 is 11.9 Å². The Labute approximate surface area is 90.9 Å². The van der Waals surface area contributed by atoms with Gasteiger partial charge in [0.15, 0.2) is 0 Å². The lowest BCUT2D eigenvalue weighted by Gasteiger charge is -2.26. The normalized spacial score (nSPS) is 28.4. The van der Waals surface area contributed by atoms with Crippen molar-refractivity contribution in [1.29, 1.82) is 0 Å². The maximum absolute atomic E-state index is 11.8. The smallest absolute Gasteiger partial charge is 0.306 e. The van der Waals surface area contributed by atoms with Gasteiger partial charge in [-0.1, -0.05) is 26.7 Å². The molecule has 1 saturated carbocycles. The van der Waals surface area contributed by atoms with Gasteiger partial charge >= 0.3 is 5.97 Å². The van der Waals surface area contributed by atoms with Crippen LogP contribution in [0.1, 0.15) is 46.0 Å². The highest BCUT2D eigenvalue weighted by Gasteiger charge is 2.27. The molecule has 0 aromatic carbocycles. The van der Waals surface area contributed by atoms with Gasteiger partial charge in [-0.15, -0.1) is 0 Å². The first-order valence-corrected chi connectivity index (χ1v) is 5.76. The second kappa shape index (κ2) is 5.29.